The van der Waals surface area contributed by atoms with Gasteiger partial charge in [0, 0.05) is 5.92 Å². The number of hydrogen-bond acceptors (Lipinski definition) is 0. The lowest BCUT2D eigenvalue weighted by Crippen LogP contribution is -2.17. The van der Waals surface area contributed by atoms with Gasteiger partial charge < -0.3 is 0 Å². The topological polar surface area (TPSA) is 0 Å². The lowest BCUT2D eigenvalue weighted by Gasteiger charge is -2.31. The summed E-state index contributed by atoms with van der Waals surface area (Å²) in [6, 6.07) is 0. The lowest BCUT2D eigenvalue weighted by atomic mass is 9.75. The minimum Gasteiger partial charge on any atom is -0.120 e. The first-order chi connectivity index (χ1) is 10.3. The van der Waals surface area contributed by atoms with Crippen molar-refractivity contribution in [2.75, 3.05) is 0 Å². The number of terminal acetylenes is 1. The van der Waals surface area contributed by atoms with Crippen molar-refractivity contribution < 1.29 is 0 Å². The van der Waals surface area contributed by atoms with E-state index in [1.54, 1.807) is 0 Å². The van der Waals surface area contributed by atoms with Crippen molar-refractivity contribution in [2.45, 2.75) is 96.8 Å². The van der Waals surface area contributed by atoms with Crippen LogP contribution in [0.3, 0.4) is 0 Å². The van der Waals surface area contributed by atoms with Crippen LogP contribution < -0.4 is 0 Å². The molecule has 2 rings (SSSR count). The van der Waals surface area contributed by atoms with E-state index in [-0.39, 0.29) is 0 Å². The van der Waals surface area contributed by atoms with Crippen LogP contribution in [-0.4, -0.2) is 0 Å². The first kappa shape index (κ1) is 16.9. The van der Waals surface area contributed by atoms with E-state index in [0.717, 1.165) is 17.8 Å². The van der Waals surface area contributed by atoms with Gasteiger partial charge >= 0.3 is 0 Å². The zero-order chi connectivity index (χ0) is 14.9. The molecule has 0 heteroatoms. The van der Waals surface area contributed by atoms with Crippen molar-refractivity contribution in [2.24, 2.45) is 23.7 Å². The predicted octanol–water partition coefficient (Wildman–Crippen LogP) is 6.59. The van der Waals surface area contributed by atoms with Gasteiger partial charge in [-0.25, -0.2) is 0 Å². The van der Waals surface area contributed by atoms with E-state index in [2.05, 4.69) is 12.8 Å². The quantitative estimate of drug-likeness (QED) is 0.366. The molecule has 0 atom stereocenters. The van der Waals surface area contributed by atoms with Crippen molar-refractivity contribution in [3.05, 3.63) is 0 Å². The van der Waals surface area contributed by atoms with E-state index in [1.165, 1.54) is 89.9 Å². The number of unbranched alkanes of at least 4 members (excludes halogenated alkanes) is 2. The van der Waals surface area contributed by atoms with Crippen LogP contribution >= 0.6 is 0 Å². The molecule has 0 aliphatic heterocycles. The average Bonchev–Trinajstić information content (AvgIpc) is 2.55. The zero-order valence-electron chi connectivity index (χ0n) is 14.3. The van der Waals surface area contributed by atoms with Gasteiger partial charge in [0.25, 0.3) is 0 Å². The summed E-state index contributed by atoms with van der Waals surface area (Å²) in [5.74, 6) is 6.67. The largest absolute Gasteiger partial charge is 0.120 e. The van der Waals surface area contributed by atoms with Gasteiger partial charge in [0.05, 0.1) is 0 Å². The monoisotopic (exact) mass is 288 g/mol. The third kappa shape index (κ3) is 6.06. The molecule has 0 amide bonds. The highest BCUT2D eigenvalue weighted by Crippen LogP contribution is 2.37. The standard InChI is InChI=1S/C21H36/c1-3-5-6-7-19-12-14-21(15-13-19)17-16-20-10-8-18(4-2)9-11-20/h2,18-21H,3,5-17H2,1H3/t18-,19-,20-,21-. The summed E-state index contributed by atoms with van der Waals surface area (Å²) in [5.41, 5.74) is 0. The molecule has 21 heavy (non-hydrogen) atoms. The summed E-state index contributed by atoms with van der Waals surface area (Å²) in [7, 11) is 0. The van der Waals surface area contributed by atoms with Gasteiger partial charge in [-0.2, -0.15) is 0 Å². The van der Waals surface area contributed by atoms with Gasteiger partial charge in [0.1, 0.15) is 0 Å². The Morgan fingerprint density at radius 3 is 1.67 bits per heavy atom. The van der Waals surface area contributed by atoms with E-state index < -0.39 is 0 Å². The molecular formula is C21H36. The van der Waals surface area contributed by atoms with Crippen LogP contribution in [0.1, 0.15) is 96.8 Å². The van der Waals surface area contributed by atoms with Gasteiger partial charge in [-0.3, -0.25) is 0 Å². The molecule has 0 heterocycles. The third-order valence-electron chi connectivity index (χ3n) is 6.25. The fourth-order valence-electron chi connectivity index (χ4n) is 4.58. The highest BCUT2D eigenvalue weighted by atomic mass is 14.3. The Balaban J connectivity index is 1.54. The van der Waals surface area contributed by atoms with Crippen molar-refractivity contribution in [1.29, 1.82) is 0 Å². The summed E-state index contributed by atoms with van der Waals surface area (Å²) < 4.78 is 0. The van der Waals surface area contributed by atoms with Crippen LogP contribution in [-0.2, 0) is 0 Å². The minimum atomic E-state index is 0.597. The molecule has 0 unspecified atom stereocenters. The maximum atomic E-state index is 5.55. The molecule has 0 aromatic heterocycles. The SMILES string of the molecule is C#C[C@H]1CC[C@H](CC[C@H]2CC[C@H](CCCCC)CC2)CC1. The molecule has 0 N–H and O–H groups in total. The molecule has 0 saturated heterocycles. The molecule has 0 spiro atoms. The predicted molar refractivity (Wildman–Crippen MR) is 93.1 cm³/mol. The van der Waals surface area contributed by atoms with Crippen molar-refractivity contribution in [3.8, 4) is 12.3 Å². The number of rotatable bonds is 7. The molecule has 2 fully saturated rings. The van der Waals surface area contributed by atoms with Crippen molar-refractivity contribution in [3.63, 3.8) is 0 Å². The molecule has 120 valence electrons. The highest BCUT2D eigenvalue weighted by Gasteiger charge is 2.24. The van der Waals surface area contributed by atoms with E-state index in [4.69, 9.17) is 6.42 Å². The van der Waals surface area contributed by atoms with E-state index in [0.29, 0.717) is 5.92 Å². The van der Waals surface area contributed by atoms with E-state index in [9.17, 15) is 0 Å². The zero-order valence-corrected chi connectivity index (χ0v) is 14.3. The van der Waals surface area contributed by atoms with E-state index in [1.807, 2.05) is 0 Å². The second-order valence-corrected chi connectivity index (χ2v) is 7.84. The van der Waals surface area contributed by atoms with Crippen LogP contribution in [0.25, 0.3) is 0 Å². The molecule has 2 saturated carbocycles. The molecule has 0 aromatic carbocycles. The van der Waals surface area contributed by atoms with Gasteiger partial charge in [-0.15, -0.1) is 12.3 Å². The third-order valence-corrected chi connectivity index (χ3v) is 6.25. The Labute approximate surface area is 133 Å². The Hall–Kier alpha value is -0.440. The average molecular weight is 289 g/mol. The summed E-state index contributed by atoms with van der Waals surface area (Å²) in [5, 5.41) is 0. The van der Waals surface area contributed by atoms with Crippen LogP contribution in [0, 0.1) is 36.0 Å². The van der Waals surface area contributed by atoms with Crippen LogP contribution in [0.15, 0.2) is 0 Å². The number of hydrogen-bond donors (Lipinski definition) is 0. The van der Waals surface area contributed by atoms with Crippen molar-refractivity contribution in [1.82, 2.24) is 0 Å². The van der Waals surface area contributed by atoms with Gasteiger partial charge in [-0.1, -0.05) is 71.1 Å². The maximum absolute atomic E-state index is 5.55. The highest BCUT2D eigenvalue weighted by molar-refractivity contribution is 4.95. The van der Waals surface area contributed by atoms with Gasteiger partial charge in [-0.05, 0) is 43.4 Å². The first-order valence-electron chi connectivity index (χ1n) is 9.78. The fraction of sp³-hybridized carbons (Fsp3) is 0.905. The second-order valence-electron chi connectivity index (χ2n) is 7.84. The minimum absolute atomic E-state index is 0.597. The maximum Gasteiger partial charge on any atom is 0.0200 e. The Kier molecular flexibility index (Phi) is 7.70. The lowest BCUT2D eigenvalue weighted by molar-refractivity contribution is 0.220. The fourth-order valence-corrected chi connectivity index (χ4v) is 4.58. The normalized spacial score (nSPS) is 33.5. The summed E-state index contributed by atoms with van der Waals surface area (Å²) >= 11 is 0. The van der Waals surface area contributed by atoms with Crippen LogP contribution in [0.2, 0.25) is 0 Å². The Bertz CT molecular complexity index is 294. The second kappa shape index (κ2) is 9.55. The smallest absolute Gasteiger partial charge is 0.0200 e. The summed E-state index contributed by atoms with van der Waals surface area (Å²) in [4.78, 5) is 0. The molecule has 0 radical (unpaired) electrons. The van der Waals surface area contributed by atoms with Crippen LogP contribution in [0.4, 0.5) is 0 Å². The van der Waals surface area contributed by atoms with Gasteiger partial charge in [0.15, 0.2) is 0 Å². The molecule has 0 nitrogen and oxygen atoms in total. The first-order valence-corrected chi connectivity index (χ1v) is 9.78. The molecule has 2 aliphatic rings. The summed E-state index contributed by atoms with van der Waals surface area (Å²) in [6.07, 6.45) is 25.8. The molecule has 2 aliphatic carbocycles. The summed E-state index contributed by atoms with van der Waals surface area (Å²) in [6.45, 7) is 2.31. The molecular weight excluding hydrogens is 252 g/mol. The van der Waals surface area contributed by atoms with Crippen molar-refractivity contribution >= 4 is 0 Å². The Morgan fingerprint density at radius 2 is 1.19 bits per heavy atom. The van der Waals surface area contributed by atoms with Crippen LogP contribution in [0.5, 0.6) is 0 Å². The Morgan fingerprint density at radius 1 is 0.714 bits per heavy atom. The molecule has 0 bridgehead atoms. The molecule has 0 aromatic rings. The van der Waals surface area contributed by atoms with Gasteiger partial charge in [0.2, 0.25) is 0 Å². The van der Waals surface area contributed by atoms with E-state index >= 15 is 0 Å².